The van der Waals surface area contributed by atoms with E-state index in [-0.39, 0.29) is 0 Å². The van der Waals surface area contributed by atoms with Gasteiger partial charge in [-0.05, 0) is 18.4 Å². The molecule has 0 radical (unpaired) electrons. The first-order valence-electron chi connectivity index (χ1n) is 8.94. The first kappa shape index (κ1) is 18.8. The summed E-state index contributed by atoms with van der Waals surface area (Å²) < 4.78 is 10.5. The number of hydrogen-bond donors (Lipinski definition) is 1. The highest BCUT2D eigenvalue weighted by Crippen LogP contribution is 2.38. The van der Waals surface area contributed by atoms with Gasteiger partial charge in [0, 0.05) is 18.9 Å². The molecular weight excluding hydrogens is 344 g/mol. The lowest BCUT2D eigenvalue weighted by molar-refractivity contribution is -0.142. The number of nitriles is 1. The van der Waals surface area contributed by atoms with Crippen LogP contribution in [0.2, 0.25) is 0 Å². The molecule has 1 aromatic heterocycles. The van der Waals surface area contributed by atoms with Gasteiger partial charge in [0.15, 0.2) is 0 Å². The highest BCUT2D eigenvalue weighted by molar-refractivity contribution is 5.79. The Bertz CT molecular complexity index is 816. The number of methoxy groups -OCH3 is 1. The molecule has 27 heavy (non-hydrogen) atoms. The average Bonchev–Trinajstić information content (AvgIpc) is 3.55. The topological polar surface area (TPSA) is 97.1 Å². The van der Waals surface area contributed by atoms with Crippen molar-refractivity contribution < 1.29 is 14.3 Å². The number of aromatic nitrogens is 2. The lowest BCUT2D eigenvalue weighted by atomic mass is 10.2. The van der Waals surface area contributed by atoms with Crippen LogP contribution in [-0.2, 0) is 20.9 Å². The van der Waals surface area contributed by atoms with Crippen LogP contribution >= 0.6 is 0 Å². The fraction of sp³-hybridized carbons (Fsp3) is 0.400. The number of rotatable bonds is 9. The van der Waals surface area contributed by atoms with E-state index in [1.807, 2.05) is 30.3 Å². The number of ether oxygens (including phenoxy) is 2. The minimum Gasteiger partial charge on any atom is -0.467 e. The molecule has 7 heteroatoms. The second-order valence-corrected chi connectivity index (χ2v) is 6.42. The predicted octanol–water partition coefficient (Wildman–Crippen LogP) is 2.79. The van der Waals surface area contributed by atoms with E-state index in [2.05, 4.69) is 21.4 Å². The van der Waals surface area contributed by atoms with Crippen LogP contribution < -0.4 is 5.32 Å². The van der Waals surface area contributed by atoms with Crippen molar-refractivity contribution in [1.82, 2.24) is 9.97 Å². The fourth-order valence-corrected chi connectivity index (χ4v) is 2.65. The third-order valence-electron chi connectivity index (χ3n) is 4.33. The van der Waals surface area contributed by atoms with E-state index in [4.69, 9.17) is 9.47 Å². The molecular formula is C20H22N4O3. The Morgan fingerprint density at radius 3 is 2.81 bits per heavy atom. The Morgan fingerprint density at radius 2 is 2.15 bits per heavy atom. The number of anilines is 1. The maximum Gasteiger partial charge on any atom is 0.328 e. The van der Waals surface area contributed by atoms with Crippen LogP contribution in [0.3, 0.4) is 0 Å². The standard InChI is InChI=1S/C20H22N4O3/c1-26-20(25)17(9-10-27-13-14-5-3-2-4-6-14)23-19-16(11-21)12-22-18(24-19)15-7-8-15/h2-6,12,15,17H,7-10,13H2,1H3,(H,22,23,24). The highest BCUT2D eigenvalue weighted by atomic mass is 16.5. The number of nitrogens with zero attached hydrogens (tertiary/aromatic N) is 3. The molecule has 140 valence electrons. The lowest BCUT2D eigenvalue weighted by Gasteiger charge is -2.18. The molecule has 1 aliphatic carbocycles. The van der Waals surface area contributed by atoms with Gasteiger partial charge in [-0.1, -0.05) is 30.3 Å². The van der Waals surface area contributed by atoms with Crippen LogP contribution in [0, 0.1) is 11.3 Å². The fourth-order valence-electron chi connectivity index (χ4n) is 2.65. The zero-order chi connectivity index (χ0) is 19.1. The first-order valence-corrected chi connectivity index (χ1v) is 8.94. The van der Waals surface area contributed by atoms with Crippen molar-refractivity contribution in [2.45, 2.75) is 37.8 Å². The van der Waals surface area contributed by atoms with Crippen molar-refractivity contribution in [1.29, 1.82) is 5.26 Å². The SMILES string of the molecule is COC(=O)C(CCOCc1ccccc1)Nc1nc(C2CC2)ncc1C#N. The van der Waals surface area contributed by atoms with Crippen LogP contribution in [0.1, 0.15) is 42.1 Å². The molecule has 7 nitrogen and oxygen atoms in total. The summed E-state index contributed by atoms with van der Waals surface area (Å²) in [5.74, 6) is 1.01. The Kier molecular flexibility index (Phi) is 6.34. The Morgan fingerprint density at radius 1 is 1.37 bits per heavy atom. The molecule has 1 heterocycles. The molecule has 1 unspecified atom stereocenters. The van der Waals surface area contributed by atoms with Gasteiger partial charge in [0.25, 0.3) is 0 Å². The van der Waals surface area contributed by atoms with E-state index in [9.17, 15) is 10.1 Å². The van der Waals surface area contributed by atoms with Crippen molar-refractivity contribution in [2.75, 3.05) is 19.0 Å². The lowest BCUT2D eigenvalue weighted by Crippen LogP contribution is -2.32. The first-order chi connectivity index (χ1) is 13.2. The minimum absolute atomic E-state index is 0.304. The van der Waals surface area contributed by atoms with Crippen molar-refractivity contribution in [3.63, 3.8) is 0 Å². The normalized spacial score (nSPS) is 14.2. The summed E-state index contributed by atoms with van der Waals surface area (Å²) in [5, 5.41) is 12.3. The molecule has 0 saturated heterocycles. The molecule has 0 bridgehead atoms. The molecule has 0 aliphatic heterocycles. The van der Waals surface area contributed by atoms with Gasteiger partial charge in [-0.15, -0.1) is 0 Å². The van der Waals surface area contributed by atoms with E-state index >= 15 is 0 Å². The number of carbonyl (C=O) groups is 1. The summed E-state index contributed by atoms with van der Waals surface area (Å²) >= 11 is 0. The third-order valence-corrected chi connectivity index (χ3v) is 4.33. The Hall–Kier alpha value is -2.98. The van der Waals surface area contributed by atoms with E-state index in [1.54, 1.807) is 0 Å². The number of esters is 1. The molecule has 3 rings (SSSR count). The second kappa shape index (κ2) is 9.10. The molecule has 1 fully saturated rings. The number of benzene rings is 1. The third kappa shape index (κ3) is 5.25. The van der Waals surface area contributed by atoms with Crippen LogP contribution in [0.4, 0.5) is 5.82 Å². The Labute approximate surface area is 158 Å². The largest absolute Gasteiger partial charge is 0.467 e. The Balaban J connectivity index is 1.62. The highest BCUT2D eigenvalue weighted by Gasteiger charge is 2.28. The minimum atomic E-state index is -0.653. The maximum absolute atomic E-state index is 12.1. The van der Waals surface area contributed by atoms with Crippen LogP contribution in [0.5, 0.6) is 0 Å². The summed E-state index contributed by atoms with van der Waals surface area (Å²) in [4.78, 5) is 20.8. The number of hydrogen-bond acceptors (Lipinski definition) is 7. The molecule has 1 aromatic carbocycles. The van der Waals surface area contributed by atoms with Gasteiger partial charge in [0.05, 0.1) is 19.9 Å². The van der Waals surface area contributed by atoms with Crippen LogP contribution in [-0.4, -0.2) is 35.7 Å². The van der Waals surface area contributed by atoms with Gasteiger partial charge in [-0.25, -0.2) is 14.8 Å². The number of carbonyl (C=O) groups excluding carboxylic acids is 1. The maximum atomic E-state index is 12.1. The average molecular weight is 366 g/mol. The summed E-state index contributed by atoms with van der Waals surface area (Å²) in [7, 11) is 1.34. The van der Waals surface area contributed by atoms with Gasteiger partial charge in [-0.3, -0.25) is 0 Å². The molecule has 0 amide bonds. The zero-order valence-corrected chi connectivity index (χ0v) is 15.2. The van der Waals surface area contributed by atoms with Gasteiger partial charge < -0.3 is 14.8 Å². The molecule has 0 spiro atoms. The summed E-state index contributed by atoms with van der Waals surface area (Å²) in [6.45, 7) is 0.835. The van der Waals surface area contributed by atoms with Crippen LogP contribution in [0.25, 0.3) is 0 Å². The van der Waals surface area contributed by atoms with Crippen molar-refractivity contribution >= 4 is 11.8 Å². The molecule has 1 N–H and O–H groups in total. The molecule has 2 aromatic rings. The van der Waals surface area contributed by atoms with Crippen LogP contribution in [0.15, 0.2) is 36.5 Å². The van der Waals surface area contributed by atoms with E-state index in [0.29, 0.717) is 42.8 Å². The van der Waals surface area contributed by atoms with Crippen molar-refractivity contribution in [2.24, 2.45) is 0 Å². The van der Waals surface area contributed by atoms with Gasteiger partial charge in [-0.2, -0.15) is 5.26 Å². The van der Waals surface area contributed by atoms with E-state index < -0.39 is 12.0 Å². The van der Waals surface area contributed by atoms with Gasteiger partial charge >= 0.3 is 5.97 Å². The van der Waals surface area contributed by atoms with Crippen molar-refractivity contribution in [3.8, 4) is 6.07 Å². The monoisotopic (exact) mass is 366 g/mol. The molecule has 1 aliphatic rings. The van der Waals surface area contributed by atoms with Crippen molar-refractivity contribution in [3.05, 3.63) is 53.5 Å². The van der Waals surface area contributed by atoms with Gasteiger partial charge in [0.1, 0.15) is 29.3 Å². The van der Waals surface area contributed by atoms with E-state index in [0.717, 1.165) is 18.4 Å². The summed E-state index contributed by atoms with van der Waals surface area (Å²) in [5.41, 5.74) is 1.37. The predicted molar refractivity (Wildman–Crippen MR) is 98.9 cm³/mol. The summed E-state index contributed by atoms with van der Waals surface area (Å²) in [6.07, 6.45) is 4.01. The summed E-state index contributed by atoms with van der Waals surface area (Å²) in [6, 6.07) is 11.2. The number of nitrogens with one attached hydrogen (secondary N) is 1. The molecule has 1 atom stereocenters. The van der Waals surface area contributed by atoms with E-state index in [1.165, 1.54) is 13.3 Å². The van der Waals surface area contributed by atoms with Gasteiger partial charge in [0.2, 0.25) is 0 Å². The zero-order valence-electron chi connectivity index (χ0n) is 15.2. The quantitative estimate of drug-likeness (QED) is 0.538. The molecule has 1 saturated carbocycles. The second-order valence-electron chi connectivity index (χ2n) is 6.42. The smallest absolute Gasteiger partial charge is 0.328 e.